The Morgan fingerprint density at radius 3 is 1.89 bits per heavy atom. The van der Waals surface area contributed by atoms with E-state index in [1.165, 1.54) is 37.4 Å². The van der Waals surface area contributed by atoms with Gasteiger partial charge in [0.2, 0.25) is 11.6 Å². The first-order valence-electron chi connectivity index (χ1n) is 12.1. The largest absolute Gasteiger partial charge is 0.491 e. The lowest BCUT2D eigenvalue weighted by molar-refractivity contribution is 0.192. The Morgan fingerprint density at radius 1 is 0.676 bits per heavy atom. The van der Waals surface area contributed by atoms with Crippen molar-refractivity contribution in [3.8, 4) is 22.6 Å². The molecule has 198 valence electrons. The van der Waals surface area contributed by atoms with Crippen LogP contribution in [0.1, 0.15) is 44.1 Å². The van der Waals surface area contributed by atoms with Crippen molar-refractivity contribution in [2.45, 2.75) is 38.5 Å². The van der Waals surface area contributed by atoms with E-state index in [2.05, 4.69) is 5.32 Å². The van der Waals surface area contributed by atoms with Crippen LogP contribution in [0.3, 0.4) is 0 Å². The predicted octanol–water partition coefficient (Wildman–Crippen LogP) is 7.98. The van der Waals surface area contributed by atoms with Crippen molar-refractivity contribution >= 4 is 5.69 Å². The summed E-state index contributed by atoms with van der Waals surface area (Å²) < 4.78 is 97.4. The lowest BCUT2D eigenvalue weighted by Crippen LogP contribution is -2.20. The second-order valence-electron chi connectivity index (χ2n) is 9.02. The van der Waals surface area contributed by atoms with Gasteiger partial charge in [0.05, 0.1) is 18.9 Å². The molecule has 3 aromatic carbocycles. The molecule has 0 bridgehead atoms. The number of halogens is 6. The summed E-state index contributed by atoms with van der Waals surface area (Å²) in [6.07, 6.45) is 2.30. The molecule has 0 unspecified atom stereocenters. The number of ether oxygens (including phenoxy) is 2. The summed E-state index contributed by atoms with van der Waals surface area (Å²) in [4.78, 5) is 0. The van der Waals surface area contributed by atoms with Gasteiger partial charge in [0, 0.05) is 18.2 Å². The number of benzene rings is 3. The van der Waals surface area contributed by atoms with Gasteiger partial charge in [-0.05, 0) is 74.3 Å². The van der Waals surface area contributed by atoms with Gasteiger partial charge >= 0.3 is 0 Å². The molecule has 0 aliphatic heterocycles. The van der Waals surface area contributed by atoms with Crippen molar-refractivity contribution in [3.63, 3.8) is 0 Å². The molecule has 1 aliphatic carbocycles. The van der Waals surface area contributed by atoms with Crippen LogP contribution in [-0.2, 0) is 0 Å². The van der Waals surface area contributed by atoms with Crippen molar-refractivity contribution in [2.75, 3.05) is 25.6 Å². The number of anilines is 1. The second-order valence-corrected chi connectivity index (χ2v) is 9.02. The quantitative estimate of drug-likeness (QED) is 0.304. The Hall–Kier alpha value is -3.36. The van der Waals surface area contributed by atoms with Crippen LogP contribution in [0.5, 0.6) is 11.5 Å². The molecule has 1 N–H and O–H groups in total. The van der Waals surface area contributed by atoms with Crippen molar-refractivity contribution < 1.29 is 35.8 Å². The lowest BCUT2D eigenvalue weighted by atomic mass is 9.78. The third kappa shape index (κ3) is 5.36. The van der Waals surface area contributed by atoms with Gasteiger partial charge in [0.1, 0.15) is 0 Å². The van der Waals surface area contributed by atoms with Gasteiger partial charge in [-0.2, -0.15) is 8.78 Å². The molecule has 0 heterocycles. The monoisotopic (exact) mass is 523 g/mol. The normalized spacial score (nSPS) is 17.5. The molecule has 0 amide bonds. The zero-order valence-electron chi connectivity index (χ0n) is 20.4. The fourth-order valence-electron chi connectivity index (χ4n) is 4.78. The van der Waals surface area contributed by atoms with Crippen LogP contribution in [0.25, 0.3) is 11.1 Å². The molecule has 3 nitrogen and oxygen atoms in total. The van der Waals surface area contributed by atoms with Crippen LogP contribution in [0.15, 0.2) is 36.4 Å². The summed E-state index contributed by atoms with van der Waals surface area (Å²) in [7, 11) is 1.48. The summed E-state index contributed by atoms with van der Waals surface area (Å²) in [5.41, 5.74) is -0.568. The van der Waals surface area contributed by atoms with Crippen LogP contribution in [0.4, 0.5) is 32.0 Å². The van der Waals surface area contributed by atoms with Crippen LogP contribution in [-0.4, -0.2) is 20.3 Å². The van der Waals surface area contributed by atoms with Crippen molar-refractivity contribution in [2.24, 2.45) is 5.92 Å². The Labute approximate surface area is 211 Å². The molecule has 1 aliphatic rings. The molecular formula is C28H27F6NO2. The highest BCUT2D eigenvalue weighted by atomic mass is 19.2. The van der Waals surface area contributed by atoms with Gasteiger partial charge in [-0.25, -0.2) is 17.6 Å². The molecule has 1 fully saturated rings. The summed E-state index contributed by atoms with van der Waals surface area (Å²) >= 11 is 0. The minimum absolute atomic E-state index is 0.0287. The first-order valence-corrected chi connectivity index (χ1v) is 12.1. The molecule has 0 atom stereocenters. The topological polar surface area (TPSA) is 30.5 Å². The third-order valence-electron chi connectivity index (χ3n) is 6.83. The van der Waals surface area contributed by atoms with Crippen LogP contribution in [0, 0.1) is 40.8 Å². The van der Waals surface area contributed by atoms with E-state index in [1.54, 1.807) is 6.92 Å². The Kier molecular flexibility index (Phi) is 8.19. The van der Waals surface area contributed by atoms with Crippen LogP contribution in [0.2, 0.25) is 0 Å². The number of hydrogen-bond acceptors (Lipinski definition) is 3. The molecule has 37 heavy (non-hydrogen) atoms. The Morgan fingerprint density at radius 2 is 1.24 bits per heavy atom. The summed E-state index contributed by atoms with van der Waals surface area (Å²) in [6.45, 7) is 1.91. The molecule has 9 heteroatoms. The van der Waals surface area contributed by atoms with Gasteiger partial charge in [0.25, 0.3) is 0 Å². The highest BCUT2D eigenvalue weighted by molar-refractivity contribution is 5.67. The number of rotatable bonds is 8. The standard InChI is InChI=1S/C28H27F6NO2/c1-3-36-21-12-10-19(25(31)27(21)33)18-9-8-17(23(29)24(18)30)16-6-4-15(5-7-16)14-37-22-13-11-20(35-2)26(32)28(22)34/h8-13,15-16,35H,3-7,14H2,1-2H3. The molecule has 0 radical (unpaired) electrons. The molecule has 4 rings (SSSR count). The summed E-state index contributed by atoms with van der Waals surface area (Å²) in [5.74, 6) is -7.70. The average Bonchev–Trinajstić information content (AvgIpc) is 2.90. The van der Waals surface area contributed by atoms with E-state index in [0.29, 0.717) is 25.7 Å². The fraction of sp³-hybridized carbons (Fsp3) is 0.357. The molecule has 0 saturated heterocycles. The smallest absolute Gasteiger partial charge is 0.202 e. The molecule has 0 spiro atoms. The minimum atomic E-state index is -1.31. The van der Waals surface area contributed by atoms with Gasteiger partial charge < -0.3 is 14.8 Å². The second kappa shape index (κ2) is 11.4. The van der Waals surface area contributed by atoms with Gasteiger partial charge in [0.15, 0.2) is 34.8 Å². The SMILES string of the molecule is CCOc1ccc(-c2ccc(C3CCC(COc4ccc(NC)c(F)c4F)CC3)c(F)c2F)c(F)c1F. The zero-order chi connectivity index (χ0) is 26.7. The number of nitrogens with one attached hydrogen (secondary N) is 1. The highest BCUT2D eigenvalue weighted by Crippen LogP contribution is 2.40. The van der Waals surface area contributed by atoms with Crippen molar-refractivity contribution in [1.29, 1.82) is 0 Å². The first-order chi connectivity index (χ1) is 17.8. The maximum atomic E-state index is 15.1. The fourth-order valence-corrected chi connectivity index (χ4v) is 4.78. The van der Waals surface area contributed by atoms with E-state index >= 15 is 4.39 Å². The van der Waals surface area contributed by atoms with Crippen molar-refractivity contribution in [3.05, 3.63) is 76.9 Å². The summed E-state index contributed by atoms with van der Waals surface area (Å²) in [5, 5.41) is 2.55. The molecule has 0 aromatic heterocycles. The van der Waals surface area contributed by atoms with E-state index in [1.807, 2.05) is 0 Å². The first kappa shape index (κ1) is 26.7. The molecule has 3 aromatic rings. The van der Waals surface area contributed by atoms with Gasteiger partial charge in [-0.15, -0.1) is 0 Å². The Bertz CT molecular complexity index is 1270. The maximum Gasteiger partial charge on any atom is 0.202 e. The van der Waals surface area contributed by atoms with Gasteiger partial charge in [-0.3, -0.25) is 0 Å². The number of hydrogen-bond donors (Lipinski definition) is 1. The maximum absolute atomic E-state index is 15.1. The third-order valence-corrected chi connectivity index (χ3v) is 6.83. The molecular weight excluding hydrogens is 496 g/mol. The van der Waals surface area contributed by atoms with E-state index < -0.39 is 40.5 Å². The zero-order valence-corrected chi connectivity index (χ0v) is 20.4. The summed E-state index contributed by atoms with van der Waals surface area (Å²) in [6, 6.07) is 7.75. The van der Waals surface area contributed by atoms with E-state index in [9.17, 15) is 22.0 Å². The van der Waals surface area contributed by atoms with E-state index in [0.717, 1.165) is 6.07 Å². The van der Waals surface area contributed by atoms with Gasteiger partial charge in [-0.1, -0.05) is 12.1 Å². The van der Waals surface area contributed by atoms with E-state index in [-0.39, 0.29) is 53.4 Å². The molecule has 1 saturated carbocycles. The van der Waals surface area contributed by atoms with Crippen LogP contribution >= 0.6 is 0 Å². The predicted molar refractivity (Wildman–Crippen MR) is 129 cm³/mol. The van der Waals surface area contributed by atoms with Crippen LogP contribution < -0.4 is 14.8 Å². The average molecular weight is 524 g/mol. The minimum Gasteiger partial charge on any atom is -0.491 e. The highest BCUT2D eigenvalue weighted by Gasteiger charge is 2.28. The van der Waals surface area contributed by atoms with Crippen molar-refractivity contribution in [1.82, 2.24) is 0 Å². The Balaban J connectivity index is 1.43. The lowest BCUT2D eigenvalue weighted by Gasteiger charge is -2.29. The van der Waals surface area contributed by atoms with E-state index in [4.69, 9.17) is 9.47 Å².